The van der Waals surface area contributed by atoms with Gasteiger partial charge in [0.05, 0.1) is 6.61 Å². The minimum atomic E-state index is -1.52. The van der Waals surface area contributed by atoms with Gasteiger partial charge in [0, 0.05) is 25.5 Å². The molecule has 1 aliphatic carbocycles. The Bertz CT molecular complexity index is 1020. The van der Waals surface area contributed by atoms with Crippen LogP contribution in [-0.4, -0.2) is 55.0 Å². The van der Waals surface area contributed by atoms with Gasteiger partial charge >= 0.3 is 12.1 Å². The Morgan fingerprint density at radius 1 is 1.03 bits per heavy atom. The topological polar surface area (TPSA) is 114 Å². The van der Waals surface area contributed by atoms with Crippen molar-refractivity contribution in [3.8, 4) is 11.1 Å². The van der Waals surface area contributed by atoms with Crippen LogP contribution in [0.15, 0.2) is 48.5 Å². The molecule has 2 aromatic rings. The van der Waals surface area contributed by atoms with E-state index in [2.05, 4.69) is 22.8 Å². The summed E-state index contributed by atoms with van der Waals surface area (Å²) >= 11 is 0. The minimum absolute atomic E-state index is 0.0660. The lowest BCUT2D eigenvalue weighted by Crippen LogP contribution is -2.58. The fourth-order valence-corrected chi connectivity index (χ4v) is 4.50. The van der Waals surface area contributed by atoms with Crippen molar-refractivity contribution in [1.29, 1.82) is 0 Å². The Labute approximate surface area is 206 Å². The van der Waals surface area contributed by atoms with E-state index in [1.165, 1.54) is 7.11 Å². The summed E-state index contributed by atoms with van der Waals surface area (Å²) in [7, 11) is 1.38. The third-order valence-electron chi connectivity index (χ3n) is 6.64. The molecular formula is C27H34N2O6. The third-order valence-corrected chi connectivity index (χ3v) is 6.64. The molecule has 35 heavy (non-hydrogen) atoms. The number of amides is 2. The largest absolute Gasteiger partial charge is 0.479 e. The maximum absolute atomic E-state index is 12.7. The summed E-state index contributed by atoms with van der Waals surface area (Å²) in [6.07, 6.45) is -0.537. The van der Waals surface area contributed by atoms with Gasteiger partial charge in [0.1, 0.15) is 6.61 Å². The quantitative estimate of drug-likeness (QED) is 0.447. The van der Waals surface area contributed by atoms with Crippen LogP contribution in [-0.2, 0) is 19.1 Å². The van der Waals surface area contributed by atoms with Crippen LogP contribution in [0.25, 0.3) is 11.1 Å². The monoisotopic (exact) mass is 482 g/mol. The summed E-state index contributed by atoms with van der Waals surface area (Å²) in [5.41, 5.74) is 3.00. The summed E-state index contributed by atoms with van der Waals surface area (Å²) in [6.45, 7) is 5.43. The highest BCUT2D eigenvalue weighted by atomic mass is 16.5. The van der Waals surface area contributed by atoms with Crippen LogP contribution in [0.1, 0.15) is 50.7 Å². The van der Waals surface area contributed by atoms with E-state index in [4.69, 9.17) is 9.47 Å². The zero-order chi connectivity index (χ0) is 25.6. The van der Waals surface area contributed by atoms with Crippen molar-refractivity contribution < 1.29 is 29.0 Å². The average molecular weight is 483 g/mol. The van der Waals surface area contributed by atoms with Crippen molar-refractivity contribution in [1.82, 2.24) is 10.6 Å². The molecule has 0 heterocycles. The molecule has 3 rings (SSSR count). The van der Waals surface area contributed by atoms with Crippen molar-refractivity contribution in [2.24, 2.45) is 5.92 Å². The number of aliphatic carboxylic acids is 1. The molecule has 2 unspecified atom stereocenters. The van der Waals surface area contributed by atoms with E-state index < -0.39 is 29.6 Å². The van der Waals surface area contributed by atoms with E-state index in [1.807, 2.05) is 50.2 Å². The van der Waals surface area contributed by atoms with Crippen molar-refractivity contribution in [2.45, 2.75) is 51.1 Å². The third kappa shape index (κ3) is 5.82. The highest BCUT2D eigenvalue weighted by molar-refractivity contribution is 5.87. The molecule has 0 spiro atoms. The fraction of sp³-hybridized carbons (Fsp3) is 0.444. The molecule has 0 saturated heterocycles. The lowest BCUT2D eigenvalue weighted by Gasteiger charge is -2.30. The summed E-state index contributed by atoms with van der Waals surface area (Å²) in [4.78, 5) is 37.2. The second-order valence-corrected chi connectivity index (χ2v) is 9.25. The fourth-order valence-electron chi connectivity index (χ4n) is 4.50. The summed E-state index contributed by atoms with van der Waals surface area (Å²) in [6, 6.07) is 15.6. The zero-order valence-electron chi connectivity index (χ0n) is 20.7. The normalized spacial score (nSPS) is 15.0. The molecule has 0 fully saturated rings. The van der Waals surface area contributed by atoms with E-state index in [1.54, 1.807) is 6.92 Å². The van der Waals surface area contributed by atoms with Gasteiger partial charge in [0.2, 0.25) is 5.91 Å². The number of methoxy groups -OCH3 is 1. The van der Waals surface area contributed by atoms with Gasteiger partial charge in [0.25, 0.3) is 0 Å². The molecule has 0 aliphatic heterocycles. The van der Waals surface area contributed by atoms with Crippen molar-refractivity contribution >= 4 is 18.0 Å². The first-order chi connectivity index (χ1) is 16.7. The number of benzene rings is 2. The Kier molecular flexibility index (Phi) is 8.51. The molecule has 8 heteroatoms. The van der Waals surface area contributed by atoms with Gasteiger partial charge in [-0.25, -0.2) is 9.59 Å². The van der Waals surface area contributed by atoms with Crippen molar-refractivity contribution in [3.63, 3.8) is 0 Å². The van der Waals surface area contributed by atoms with Crippen LogP contribution in [0.3, 0.4) is 0 Å². The number of carbonyl (C=O) groups excluding carboxylic acids is 2. The summed E-state index contributed by atoms with van der Waals surface area (Å²) in [5.74, 6) is -1.79. The van der Waals surface area contributed by atoms with Gasteiger partial charge in [0.15, 0.2) is 5.54 Å². The number of fused-ring (bicyclic) bond motifs is 3. The number of ether oxygens (including phenoxy) is 2. The predicted molar refractivity (Wildman–Crippen MR) is 132 cm³/mol. The lowest BCUT2D eigenvalue weighted by atomic mass is 9.95. The number of alkyl carbamates (subject to hydrolysis) is 1. The molecule has 3 N–H and O–H groups in total. The van der Waals surface area contributed by atoms with Crippen LogP contribution in [0.2, 0.25) is 0 Å². The van der Waals surface area contributed by atoms with Gasteiger partial charge in [-0.05, 0) is 34.6 Å². The zero-order valence-corrected chi connectivity index (χ0v) is 20.7. The highest BCUT2D eigenvalue weighted by Gasteiger charge is 2.39. The van der Waals surface area contributed by atoms with Gasteiger partial charge in [-0.1, -0.05) is 69.3 Å². The van der Waals surface area contributed by atoms with E-state index in [0.29, 0.717) is 0 Å². The van der Waals surface area contributed by atoms with E-state index in [9.17, 15) is 19.5 Å². The smallest absolute Gasteiger partial charge is 0.407 e. The van der Waals surface area contributed by atoms with Gasteiger partial charge < -0.3 is 25.2 Å². The van der Waals surface area contributed by atoms with Crippen molar-refractivity contribution in [3.05, 3.63) is 59.7 Å². The van der Waals surface area contributed by atoms with Crippen LogP contribution >= 0.6 is 0 Å². The SMILES string of the molecule is CCC(COC)(NC(=O)CC(NC(=O)OCC1c2ccccc2-c2ccccc21)C(C)C)C(=O)O. The van der Waals surface area contributed by atoms with Crippen LogP contribution in [0, 0.1) is 5.92 Å². The van der Waals surface area contributed by atoms with E-state index >= 15 is 0 Å². The molecule has 0 aromatic heterocycles. The number of rotatable bonds is 11. The van der Waals surface area contributed by atoms with E-state index in [0.717, 1.165) is 22.3 Å². The Morgan fingerprint density at radius 2 is 1.60 bits per heavy atom. The van der Waals surface area contributed by atoms with Crippen LogP contribution in [0.4, 0.5) is 4.79 Å². The molecule has 2 atom stereocenters. The standard InChI is InChI=1S/C27H34N2O6/c1-5-27(16-34-4,25(31)32)29-24(30)14-23(17(2)3)28-26(33)35-15-22-20-12-8-6-10-18(20)19-11-7-9-13-21(19)22/h6-13,17,22-23H,5,14-16H2,1-4H3,(H,28,33)(H,29,30)(H,31,32). The number of hydrogen-bond donors (Lipinski definition) is 3. The summed E-state index contributed by atoms with van der Waals surface area (Å²) < 4.78 is 10.6. The minimum Gasteiger partial charge on any atom is -0.479 e. The molecule has 0 bridgehead atoms. The Hall–Kier alpha value is -3.39. The molecule has 2 amide bonds. The molecule has 2 aromatic carbocycles. The molecule has 0 saturated carbocycles. The Balaban J connectivity index is 1.63. The van der Waals surface area contributed by atoms with Gasteiger partial charge in [-0.3, -0.25) is 4.79 Å². The average Bonchev–Trinajstić information content (AvgIpc) is 3.15. The second-order valence-electron chi connectivity index (χ2n) is 9.25. The number of nitrogens with one attached hydrogen (secondary N) is 2. The number of carbonyl (C=O) groups is 3. The maximum Gasteiger partial charge on any atom is 0.407 e. The first kappa shape index (κ1) is 26.2. The van der Waals surface area contributed by atoms with Crippen LogP contribution < -0.4 is 10.6 Å². The maximum atomic E-state index is 12.7. The molecule has 188 valence electrons. The number of hydrogen-bond acceptors (Lipinski definition) is 5. The Morgan fingerprint density at radius 3 is 2.09 bits per heavy atom. The van der Waals surface area contributed by atoms with Gasteiger partial charge in [-0.15, -0.1) is 0 Å². The number of carboxylic acids is 1. The first-order valence-corrected chi connectivity index (χ1v) is 11.9. The van der Waals surface area contributed by atoms with Crippen molar-refractivity contribution in [2.75, 3.05) is 20.3 Å². The van der Waals surface area contributed by atoms with E-state index in [-0.39, 0.29) is 37.9 Å². The number of carboxylic acid groups (broad SMARTS) is 1. The molecular weight excluding hydrogens is 448 g/mol. The predicted octanol–water partition coefficient (Wildman–Crippen LogP) is 3.94. The van der Waals surface area contributed by atoms with Gasteiger partial charge in [-0.2, -0.15) is 0 Å². The second kappa shape index (κ2) is 11.4. The highest BCUT2D eigenvalue weighted by Crippen LogP contribution is 2.44. The molecule has 0 radical (unpaired) electrons. The molecule has 1 aliphatic rings. The first-order valence-electron chi connectivity index (χ1n) is 11.9. The molecule has 8 nitrogen and oxygen atoms in total. The lowest BCUT2D eigenvalue weighted by molar-refractivity contribution is -0.150. The summed E-state index contributed by atoms with van der Waals surface area (Å²) in [5, 5.41) is 15.0. The van der Waals surface area contributed by atoms with Crippen LogP contribution in [0.5, 0.6) is 0 Å².